The number of hydrogen-bond acceptors (Lipinski definition) is 3. The van der Waals surface area contributed by atoms with E-state index < -0.39 is 0 Å². The van der Waals surface area contributed by atoms with E-state index in [0.717, 1.165) is 19.4 Å². The standard InChI is InChI=1S/C20H28N2O2/c23-20(21-16-9-5-2-6-10-16)19-18(15-7-3-1-4-8-15)22(13-14-24-19)17-11-12-17/h1,3-4,7-8,16-19H,2,5-6,9-14H2,(H,21,23)/t18-,19+/m0/s1. The van der Waals surface area contributed by atoms with Gasteiger partial charge in [0.25, 0.3) is 5.91 Å². The Morgan fingerprint density at radius 1 is 1.04 bits per heavy atom. The molecule has 1 aromatic carbocycles. The summed E-state index contributed by atoms with van der Waals surface area (Å²) in [5.74, 6) is 0.0844. The highest BCUT2D eigenvalue weighted by molar-refractivity contribution is 5.82. The summed E-state index contributed by atoms with van der Waals surface area (Å²) in [7, 11) is 0. The third-order valence-electron chi connectivity index (χ3n) is 5.66. The Balaban J connectivity index is 1.53. The van der Waals surface area contributed by atoms with Gasteiger partial charge in [-0.2, -0.15) is 0 Å². The van der Waals surface area contributed by atoms with Gasteiger partial charge in [0.2, 0.25) is 0 Å². The molecule has 4 nitrogen and oxygen atoms in total. The molecule has 0 spiro atoms. The summed E-state index contributed by atoms with van der Waals surface area (Å²) in [6.45, 7) is 1.58. The van der Waals surface area contributed by atoms with Crippen LogP contribution < -0.4 is 5.32 Å². The Morgan fingerprint density at radius 3 is 2.50 bits per heavy atom. The van der Waals surface area contributed by atoms with E-state index in [2.05, 4.69) is 34.5 Å². The molecular weight excluding hydrogens is 300 g/mol. The third-order valence-corrected chi connectivity index (χ3v) is 5.66. The number of nitrogens with one attached hydrogen (secondary N) is 1. The Bertz CT molecular complexity index is 552. The number of morpholine rings is 1. The van der Waals surface area contributed by atoms with Crippen molar-refractivity contribution < 1.29 is 9.53 Å². The Kier molecular flexibility index (Phi) is 4.86. The van der Waals surface area contributed by atoms with Crippen LogP contribution >= 0.6 is 0 Å². The number of rotatable bonds is 4. The van der Waals surface area contributed by atoms with Crippen molar-refractivity contribution in [2.45, 2.75) is 69.2 Å². The number of carbonyl (C=O) groups is 1. The normalized spacial score (nSPS) is 29.3. The number of nitrogens with zero attached hydrogens (tertiary/aromatic N) is 1. The number of benzene rings is 1. The van der Waals surface area contributed by atoms with Crippen LogP contribution in [-0.4, -0.2) is 42.1 Å². The molecule has 1 heterocycles. The van der Waals surface area contributed by atoms with Crippen molar-refractivity contribution in [3.05, 3.63) is 35.9 Å². The number of amides is 1. The lowest BCUT2D eigenvalue weighted by Gasteiger charge is -2.41. The topological polar surface area (TPSA) is 41.6 Å². The van der Waals surface area contributed by atoms with E-state index in [1.54, 1.807) is 0 Å². The molecule has 0 unspecified atom stereocenters. The second-order valence-electron chi connectivity index (χ2n) is 7.46. The van der Waals surface area contributed by atoms with Crippen molar-refractivity contribution in [2.24, 2.45) is 0 Å². The van der Waals surface area contributed by atoms with Gasteiger partial charge in [-0.1, -0.05) is 49.6 Å². The lowest BCUT2D eigenvalue weighted by molar-refractivity contribution is -0.147. The minimum atomic E-state index is -0.385. The van der Waals surface area contributed by atoms with Crippen LogP contribution in [0.5, 0.6) is 0 Å². The zero-order chi connectivity index (χ0) is 16.4. The molecule has 0 radical (unpaired) electrons. The molecule has 1 aliphatic heterocycles. The summed E-state index contributed by atoms with van der Waals surface area (Å²) >= 11 is 0. The number of carbonyl (C=O) groups excluding carboxylic acids is 1. The van der Waals surface area contributed by atoms with Crippen LogP contribution in [0.15, 0.2) is 30.3 Å². The van der Waals surface area contributed by atoms with Gasteiger partial charge in [0.05, 0.1) is 12.6 Å². The summed E-state index contributed by atoms with van der Waals surface area (Å²) in [4.78, 5) is 15.5. The van der Waals surface area contributed by atoms with Gasteiger partial charge in [-0.25, -0.2) is 0 Å². The Morgan fingerprint density at radius 2 is 1.79 bits per heavy atom. The molecule has 130 valence electrons. The lowest BCUT2D eigenvalue weighted by atomic mass is 9.93. The molecule has 3 aliphatic rings. The third kappa shape index (κ3) is 3.50. The Hall–Kier alpha value is -1.39. The highest BCUT2D eigenvalue weighted by Gasteiger charge is 2.44. The van der Waals surface area contributed by atoms with Crippen LogP contribution in [0.2, 0.25) is 0 Å². The molecule has 1 amide bonds. The first-order valence-corrected chi connectivity index (χ1v) is 9.55. The molecule has 1 N–H and O–H groups in total. The van der Waals surface area contributed by atoms with Crippen LogP contribution in [0.4, 0.5) is 0 Å². The van der Waals surface area contributed by atoms with Gasteiger partial charge in [-0.3, -0.25) is 9.69 Å². The van der Waals surface area contributed by atoms with E-state index in [0.29, 0.717) is 18.7 Å². The van der Waals surface area contributed by atoms with Crippen molar-refractivity contribution in [1.82, 2.24) is 10.2 Å². The van der Waals surface area contributed by atoms with Crippen LogP contribution in [0.25, 0.3) is 0 Å². The average Bonchev–Trinajstić information content (AvgIpc) is 3.48. The maximum absolute atomic E-state index is 13.0. The van der Waals surface area contributed by atoms with E-state index in [9.17, 15) is 4.79 Å². The van der Waals surface area contributed by atoms with E-state index in [-0.39, 0.29) is 18.1 Å². The maximum atomic E-state index is 13.0. The van der Waals surface area contributed by atoms with Crippen molar-refractivity contribution in [3.8, 4) is 0 Å². The second kappa shape index (κ2) is 7.24. The first kappa shape index (κ1) is 16.1. The molecule has 2 aliphatic carbocycles. The fraction of sp³-hybridized carbons (Fsp3) is 0.650. The average molecular weight is 328 g/mol. The van der Waals surface area contributed by atoms with Crippen molar-refractivity contribution in [1.29, 1.82) is 0 Å². The van der Waals surface area contributed by atoms with Crippen molar-refractivity contribution >= 4 is 5.91 Å². The molecule has 1 saturated heterocycles. The highest BCUT2D eigenvalue weighted by Crippen LogP contribution is 2.39. The highest BCUT2D eigenvalue weighted by atomic mass is 16.5. The summed E-state index contributed by atoms with van der Waals surface area (Å²) in [6, 6.07) is 11.4. The van der Waals surface area contributed by atoms with Crippen LogP contribution in [0.3, 0.4) is 0 Å². The fourth-order valence-corrected chi connectivity index (χ4v) is 4.27. The molecule has 3 fully saturated rings. The summed E-state index contributed by atoms with van der Waals surface area (Å²) in [5, 5.41) is 3.28. The first-order valence-electron chi connectivity index (χ1n) is 9.55. The van der Waals surface area contributed by atoms with Crippen LogP contribution in [0.1, 0.15) is 56.6 Å². The second-order valence-corrected chi connectivity index (χ2v) is 7.46. The van der Waals surface area contributed by atoms with Gasteiger partial charge in [0.15, 0.2) is 6.10 Å². The summed E-state index contributed by atoms with van der Waals surface area (Å²) in [5.41, 5.74) is 1.20. The van der Waals surface area contributed by atoms with E-state index in [1.807, 2.05) is 6.07 Å². The summed E-state index contributed by atoms with van der Waals surface area (Å²) in [6.07, 6.45) is 8.10. The van der Waals surface area contributed by atoms with Crippen LogP contribution in [0, 0.1) is 0 Å². The first-order chi connectivity index (χ1) is 11.8. The molecule has 4 heteroatoms. The van der Waals surface area contributed by atoms with Gasteiger partial charge in [0, 0.05) is 18.6 Å². The van der Waals surface area contributed by atoms with Gasteiger partial charge in [-0.05, 0) is 31.2 Å². The van der Waals surface area contributed by atoms with Crippen LogP contribution in [-0.2, 0) is 9.53 Å². The SMILES string of the molecule is O=C(NC1CCCCC1)[C@@H]1OCCN(C2CC2)[C@H]1c1ccccc1. The molecular formula is C20H28N2O2. The quantitative estimate of drug-likeness (QED) is 0.924. The Labute approximate surface area is 144 Å². The molecule has 2 atom stereocenters. The molecule has 0 aromatic heterocycles. The number of hydrogen-bond donors (Lipinski definition) is 1. The largest absolute Gasteiger partial charge is 0.365 e. The smallest absolute Gasteiger partial charge is 0.251 e. The van der Waals surface area contributed by atoms with E-state index in [4.69, 9.17) is 4.74 Å². The minimum absolute atomic E-state index is 0.0519. The molecule has 4 rings (SSSR count). The minimum Gasteiger partial charge on any atom is -0.365 e. The van der Waals surface area contributed by atoms with Gasteiger partial charge >= 0.3 is 0 Å². The zero-order valence-electron chi connectivity index (χ0n) is 14.3. The monoisotopic (exact) mass is 328 g/mol. The lowest BCUT2D eigenvalue weighted by Crippen LogP contribution is -2.54. The molecule has 1 aromatic rings. The predicted octanol–water partition coefficient (Wildman–Crippen LogP) is 3.04. The van der Waals surface area contributed by atoms with E-state index >= 15 is 0 Å². The number of ether oxygens (including phenoxy) is 1. The van der Waals surface area contributed by atoms with E-state index in [1.165, 1.54) is 37.7 Å². The molecule has 24 heavy (non-hydrogen) atoms. The van der Waals surface area contributed by atoms with Gasteiger partial charge in [0.1, 0.15) is 0 Å². The van der Waals surface area contributed by atoms with Crippen molar-refractivity contribution in [2.75, 3.05) is 13.2 Å². The molecule has 2 saturated carbocycles. The predicted molar refractivity (Wildman–Crippen MR) is 93.7 cm³/mol. The fourth-order valence-electron chi connectivity index (χ4n) is 4.27. The maximum Gasteiger partial charge on any atom is 0.251 e. The van der Waals surface area contributed by atoms with Crippen molar-refractivity contribution in [3.63, 3.8) is 0 Å². The van der Waals surface area contributed by atoms with Gasteiger partial charge in [-0.15, -0.1) is 0 Å². The molecule has 0 bridgehead atoms. The zero-order valence-corrected chi connectivity index (χ0v) is 14.3. The summed E-state index contributed by atoms with van der Waals surface area (Å²) < 4.78 is 6.00. The van der Waals surface area contributed by atoms with Gasteiger partial charge < -0.3 is 10.1 Å².